The fourth-order valence-corrected chi connectivity index (χ4v) is 2.19. The molecule has 2 amide bonds. The number of carbonyl (C=O) groups excluding carboxylic acids is 1. The highest BCUT2D eigenvalue weighted by Gasteiger charge is 2.09. The maximum atomic E-state index is 12.0. The van der Waals surface area contributed by atoms with Crippen LogP contribution >= 0.6 is 0 Å². The molecule has 2 aromatic carbocycles. The highest BCUT2D eigenvalue weighted by atomic mass is 16.5. The molecule has 0 saturated heterocycles. The molecule has 6 nitrogen and oxygen atoms in total. The Kier molecular flexibility index (Phi) is 4.47. The molecule has 0 fully saturated rings. The topological polar surface area (TPSA) is 70.4 Å². The van der Waals surface area contributed by atoms with Crippen LogP contribution < -0.4 is 15.5 Å². The van der Waals surface area contributed by atoms with Crippen molar-refractivity contribution < 1.29 is 9.32 Å². The third-order valence-electron chi connectivity index (χ3n) is 3.45. The van der Waals surface area contributed by atoms with Crippen LogP contribution in [0.15, 0.2) is 65.2 Å². The van der Waals surface area contributed by atoms with Gasteiger partial charge in [-0.05, 0) is 24.3 Å². The third kappa shape index (κ3) is 3.73. The number of nitrogens with zero attached hydrogens (tertiary/aromatic N) is 2. The zero-order valence-electron chi connectivity index (χ0n) is 13.5. The number of urea groups is 1. The first kappa shape index (κ1) is 15.6. The number of benzene rings is 2. The molecule has 0 spiro atoms. The molecule has 0 bridgehead atoms. The van der Waals surface area contributed by atoms with E-state index in [1.165, 1.54) is 0 Å². The number of amides is 2. The molecule has 24 heavy (non-hydrogen) atoms. The van der Waals surface area contributed by atoms with Crippen LogP contribution in [0.1, 0.15) is 0 Å². The van der Waals surface area contributed by atoms with E-state index < -0.39 is 0 Å². The van der Waals surface area contributed by atoms with Crippen molar-refractivity contribution in [2.24, 2.45) is 0 Å². The highest BCUT2D eigenvalue weighted by molar-refractivity contribution is 5.99. The van der Waals surface area contributed by atoms with Gasteiger partial charge in [0.1, 0.15) is 0 Å². The number of carbonyl (C=O) groups is 1. The maximum Gasteiger partial charge on any atom is 0.324 e. The average Bonchev–Trinajstić information content (AvgIpc) is 3.04. The summed E-state index contributed by atoms with van der Waals surface area (Å²) >= 11 is 0. The van der Waals surface area contributed by atoms with Crippen LogP contribution in [0.3, 0.4) is 0 Å². The summed E-state index contributed by atoms with van der Waals surface area (Å²) in [6, 6.07) is 18.4. The molecule has 6 heteroatoms. The first-order valence-electron chi connectivity index (χ1n) is 7.49. The molecule has 122 valence electrons. The standard InChI is InChI=1S/C18H18N4O2/c1-22(2)15-10-8-14(9-11-15)19-18(23)20-17-12-16(24-21-17)13-6-4-3-5-7-13/h3-12H,1-2H3,(H2,19,20,21,23). The molecule has 1 heterocycles. The Hall–Kier alpha value is -3.28. The Balaban J connectivity index is 1.62. The lowest BCUT2D eigenvalue weighted by Crippen LogP contribution is -2.19. The Labute approximate surface area is 140 Å². The highest BCUT2D eigenvalue weighted by Crippen LogP contribution is 2.22. The minimum absolute atomic E-state index is 0.358. The van der Waals surface area contributed by atoms with Crippen molar-refractivity contribution in [3.05, 3.63) is 60.7 Å². The van der Waals surface area contributed by atoms with Crippen molar-refractivity contribution in [2.75, 3.05) is 29.6 Å². The van der Waals surface area contributed by atoms with Gasteiger partial charge >= 0.3 is 6.03 Å². The van der Waals surface area contributed by atoms with Crippen molar-refractivity contribution >= 4 is 23.2 Å². The smallest absolute Gasteiger partial charge is 0.324 e. The van der Waals surface area contributed by atoms with Crippen LogP contribution in [0.2, 0.25) is 0 Å². The Morgan fingerprint density at radius 3 is 2.38 bits per heavy atom. The molecule has 0 atom stereocenters. The summed E-state index contributed by atoms with van der Waals surface area (Å²) in [5.41, 5.74) is 2.66. The van der Waals surface area contributed by atoms with Gasteiger partial charge < -0.3 is 14.7 Å². The van der Waals surface area contributed by atoms with Crippen LogP contribution in [0.25, 0.3) is 11.3 Å². The van der Waals surface area contributed by atoms with Gasteiger partial charge in [0.05, 0.1) is 0 Å². The van der Waals surface area contributed by atoms with Gasteiger partial charge in [0.25, 0.3) is 0 Å². The van der Waals surface area contributed by atoms with E-state index in [1.807, 2.05) is 73.6 Å². The van der Waals surface area contributed by atoms with Crippen molar-refractivity contribution in [1.29, 1.82) is 0 Å². The summed E-state index contributed by atoms with van der Waals surface area (Å²) in [6.45, 7) is 0. The van der Waals surface area contributed by atoms with Crippen molar-refractivity contribution in [2.45, 2.75) is 0 Å². The average molecular weight is 322 g/mol. The summed E-state index contributed by atoms with van der Waals surface area (Å²) < 4.78 is 5.25. The molecule has 0 aliphatic carbocycles. The summed E-state index contributed by atoms with van der Waals surface area (Å²) in [4.78, 5) is 14.0. The normalized spacial score (nSPS) is 10.2. The van der Waals surface area contributed by atoms with E-state index in [-0.39, 0.29) is 6.03 Å². The molecule has 0 unspecified atom stereocenters. The molecule has 0 saturated carbocycles. The van der Waals surface area contributed by atoms with E-state index in [2.05, 4.69) is 15.8 Å². The van der Waals surface area contributed by atoms with Crippen LogP contribution in [0.4, 0.5) is 22.0 Å². The lowest BCUT2D eigenvalue weighted by molar-refractivity contribution is 0.262. The van der Waals surface area contributed by atoms with Crippen molar-refractivity contribution in [3.63, 3.8) is 0 Å². The van der Waals surface area contributed by atoms with Crippen molar-refractivity contribution in [1.82, 2.24) is 5.16 Å². The van der Waals surface area contributed by atoms with E-state index in [0.717, 1.165) is 11.3 Å². The van der Waals surface area contributed by atoms with Gasteiger partial charge in [0, 0.05) is 37.1 Å². The predicted molar refractivity (Wildman–Crippen MR) is 95.3 cm³/mol. The monoisotopic (exact) mass is 322 g/mol. The summed E-state index contributed by atoms with van der Waals surface area (Å²) in [6.07, 6.45) is 0. The molecular formula is C18H18N4O2. The van der Waals surface area contributed by atoms with E-state index in [4.69, 9.17) is 4.52 Å². The van der Waals surface area contributed by atoms with Crippen LogP contribution in [-0.2, 0) is 0 Å². The lowest BCUT2D eigenvalue weighted by atomic mass is 10.2. The van der Waals surface area contributed by atoms with Gasteiger partial charge in [-0.2, -0.15) is 0 Å². The summed E-state index contributed by atoms with van der Waals surface area (Å²) in [5, 5.41) is 9.27. The fraction of sp³-hybridized carbons (Fsp3) is 0.111. The maximum absolute atomic E-state index is 12.0. The fourth-order valence-electron chi connectivity index (χ4n) is 2.19. The second-order valence-electron chi connectivity index (χ2n) is 5.46. The second kappa shape index (κ2) is 6.87. The Morgan fingerprint density at radius 1 is 1.00 bits per heavy atom. The zero-order chi connectivity index (χ0) is 16.9. The number of hydrogen-bond acceptors (Lipinski definition) is 4. The molecule has 3 aromatic rings. The Morgan fingerprint density at radius 2 is 1.71 bits per heavy atom. The van der Waals surface area contributed by atoms with E-state index in [1.54, 1.807) is 6.07 Å². The summed E-state index contributed by atoms with van der Waals surface area (Å²) in [5.74, 6) is 0.956. The first-order valence-corrected chi connectivity index (χ1v) is 7.49. The number of aromatic nitrogens is 1. The minimum Gasteiger partial charge on any atom is -0.378 e. The van der Waals surface area contributed by atoms with Crippen LogP contribution in [0, 0.1) is 0 Å². The number of nitrogens with one attached hydrogen (secondary N) is 2. The van der Waals surface area contributed by atoms with E-state index >= 15 is 0 Å². The molecular weight excluding hydrogens is 304 g/mol. The molecule has 0 aliphatic rings. The van der Waals surface area contributed by atoms with Crippen LogP contribution in [0.5, 0.6) is 0 Å². The SMILES string of the molecule is CN(C)c1ccc(NC(=O)Nc2cc(-c3ccccc3)on2)cc1. The van der Waals surface area contributed by atoms with Crippen molar-refractivity contribution in [3.8, 4) is 11.3 Å². The van der Waals surface area contributed by atoms with Gasteiger partial charge in [0.2, 0.25) is 0 Å². The Bertz CT molecular complexity index is 811. The molecule has 1 aromatic heterocycles. The molecule has 0 aliphatic heterocycles. The predicted octanol–water partition coefficient (Wildman–Crippen LogP) is 4.05. The zero-order valence-corrected chi connectivity index (χ0v) is 13.5. The minimum atomic E-state index is -0.375. The second-order valence-corrected chi connectivity index (χ2v) is 5.46. The first-order chi connectivity index (χ1) is 11.6. The van der Waals surface area contributed by atoms with Gasteiger partial charge in [-0.15, -0.1) is 0 Å². The van der Waals surface area contributed by atoms with Gasteiger partial charge in [-0.25, -0.2) is 4.79 Å². The van der Waals surface area contributed by atoms with E-state index in [9.17, 15) is 4.79 Å². The largest absolute Gasteiger partial charge is 0.378 e. The number of rotatable bonds is 4. The number of anilines is 3. The lowest BCUT2D eigenvalue weighted by Gasteiger charge is -2.13. The quantitative estimate of drug-likeness (QED) is 0.760. The summed E-state index contributed by atoms with van der Waals surface area (Å²) in [7, 11) is 3.92. The van der Waals surface area contributed by atoms with Gasteiger partial charge in [0.15, 0.2) is 11.6 Å². The molecule has 3 rings (SSSR count). The van der Waals surface area contributed by atoms with Gasteiger partial charge in [-0.3, -0.25) is 5.32 Å². The third-order valence-corrected chi connectivity index (χ3v) is 3.45. The van der Waals surface area contributed by atoms with Crippen LogP contribution in [-0.4, -0.2) is 25.3 Å². The molecule has 2 N–H and O–H groups in total. The molecule has 0 radical (unpaired) electrons. The number of hydrogen-bond donors (Lipinski definition) is 2. The van der Waals surface area contributed by atoms with Gasteiger partial charge in [-0.1, -0.05) is 35.5 Å². The van der Waals surface area contributed by atoms with E-state index in [0.29, 0.717) is 17.3 Å².